The van der Waals surface area contributed by atoms with Crippen molar-refractivity contribution in [3.05, 3.63) is 41.6 Å². The molecule has 1 aromatic rings. The number of hydrogen-bond acceptors (Lipinski definition) is 8. The molecule has 152 valence electrons. The van der Waals surface area contributed by atoms with Crippen LogP contribution in [0, 0.1) is 0 Å². The molecule has 0 saturated carbocycles. The smallest absolute Gasteiger partial charge is 0.321 e. The molecule has 5 N–H and O–H groups in total. The van der Waals surface area contributed by atoms with Crippen LogP contribution in [0.15, 0.2) is 35.9 Å². The Morgan fingerprint density at radius 3 is 2.66 bits per heavy atom. The summed E-state index contributed by atoms with van der Waals surface area (Å²) < 4.78 is 0. The molecule has 1 unspecified atom stereocenters. The lowest BCUT2D eigenvalue weighted by Gasteiger charge is -2.48. The quantitative estimate of drug-likeness (QED) is 0.352. The first-order valence-corrected chi connectivity index (χ1v) is 10.0. The van der Waals surface area contributed by atoms with Gasteiger partial charge >= 0.3 is 11.9 Å². The fraction of sp³-hybridized carbons (Fsp3) is 0.235. The monoisotopic (exact) mass is 436 g/mol. The highest BCUT2D eigenvalue weighted by atomic mass is 32.2. The first kappa shape index (κ1) is 20.6. The Morgan fingerprint density at radius 1 is 1.38 bits per heavy atom. The van der Waals surface area contributed by atoms with Gasteiger partial charge < -0.3 is 26.2 Å². The summed E-state index contributed by atoms with van der Waals surface area (Å²) in [4.78, 5) is 52.9. The zero-order valence-electron chi connectivity index (χ0n) is 14.8. The zero-order valence-corrected chi connectivity index (χ0v) is 16.4. The van der Waals surface area contributed by atoms with Gasteiger partial charge in [-0.3, -0.25) is 19.2 Å². The highest BCUT2D eigenvalue weighted by molar-refractivity contribution is 8.01. The summed E-state index contributed by atoms with van der Waals surface area (Å²) in [5, 5.41) is 21.0. The summed E-state index contributed by atoms with van der Waals surface area (Å²) >= 11 is 2.09. The number of aromatic nitrogens is 1. The van der Waals surface area contributed by atoms with Gasteiger partial charge in [0.05, 0.1) is 17.7 Å². The number of nitrogen functional groups attached to an aromatic ring is 1. The van der Waals surface area contributed by atoms with Gasteiger partial charge in [-0.15, -0.1) is 23.1 Å². The number of allylic oxidation sites excluding steroid dienone is 1. The van der Waals surface area contributed by atoms with E-state index in [-0.39, 0.29) is 16.4 Å². The molecule has 2 aliphatic rings. The number of aliphatic carboxylic acids is 2. The van der Waals surface area contributed by atoms with E-state index in [4.69, 9.17) is 10.8 Å². The van der Waals surface area contributed by atoms with Gasteiger partial charge in [0.15, 0.2) is 5.13 Å². The lowest BCUT2D eigenvalue weighted by atomic mass is 10.0. The normalized spacial score (nSPS) is 23.5. The third-order valence-electron chi connectivity index (χ3n) is 4.22. The third kappa shape index (κ3) is 4.03. The number of thiazole rings is 1. The topological polar surface area (TPSA) is 163 Å². The summed E-state index contributed by atoms with van der Waals surface area (Å²) in [5.41, 5.74) is 6.15. The van der Waals surface area contributed by atoms with Gasteiger partial charge in [0.25, 0.3) is 11.8 Å². The number of carbonyl (C=O) groups excluding carboxylic acids is 2. The van der Waals surface area contributed by atoms with Crippen molar-refractivity contribution in [1.82, 2.24) is 15.2 Å². The van der Waals surface area contributed by atoms with Gasteiger partial charge in [-0.2, -0.15) is 0 Å². The van der Waals surface area contributed by atoms with E-state index in [9.17, 15) is 24.3 Å². The molecule has 3 heterocycles. The van der Waals surface area contributed by atoms with Crippen LogP contribution in [0.25, 0.3) is 5.57 Å². The predicted octanol–water partition coefficient (Wildman–Crippen LogP) is 0.506. The van der Waals surface area contributed by atoms with Gasteiger partial charge in [0.1, 0.15) is 16.7 Å². The van der Waals surface area contributed by atoms with Gasteiger partial charge in [-0.25, -0.2) is 4.98 Å². The second-order valence-corrected chi connectivity index (χ2v) is 8.18. The standard InChI is InChI=1S/C17H16N4O6S2/c1-2-7-5-21-14(25)11(15(21)29-12(7)16(26)27)20-13(24)8(3-4-10(22)23)9-6-28-17(18)19-9/h2-3,5-6,11-12,15H,1,4H2,(H2,18,19)(H,20,24)(H,22,23)(H,26,27)/b8-3+/t11-,12?,15-/m1/s1. The molecular weight excluding hydrogens is 420 g/mol. The number of β-lactam (4-membered cyclic amide) rings is 1. The lowest BCUT2D eigenvalue weighted by molar-refractivity contribution is -0.144. The van der Waals surface area contributed by atoms with E-state index in [2.05, 4.69) is 16.9 Å². The second-order valence-electron chi connectivity index (χ2n) is 6.06. The van der Waals surface area contributed by atoms with Crippen molar-refractivity contribution in [2.24, 2.45) is 0 Å². The number of hydrogen-bond donors (Lipinski definition) is 4. The molecule has 10 nitrogen and oxygen atoms in total. The Morgan fingerprint density at radius 2 is 2.10 bits per heavy atom. The van der Waals surface area contributed by atoms with E-state index < -0.39 is 46.8 Å². The predicted molar refractivity (Wildman–Crippen MR) is 107 cm³/mol. The number of fused-ring (bicyclic) bond motifs is 1. The van der Waals surface area contributed by atoms with Gasteiger partial charge in [0.2, 0.25) is 0 Å². The minimum atomic E-state index is -1.14. The van der Waals surface area contributed by atoms with Gasteiger partial charge in [-0.1, -0.05) is 18.7 Å². The molecule has 0 bridgehead atoms. The summed E-state index contributed by atoms with van der Waals surface area (Å²) in [6.45, 7) is 3.56. The maximum absolute atomic E-state index is 12.7. The number of rotatable bonds is 7. The molecule has 3 atom stereocenters. The van der Waals surface area contributed by atoms with E-state index >= 15 is 0 Å². The van der Waals surface area contributed by atoms with Crippen LogP contribution in [0.5, 0.6) is 0 Å². The number of carboxylic acids is 2. The highest BCUT2D eigenvalue weighted by Gasteiger charge is 2.52. The lowest BCUT2D eigenvalue weighted by Crippen LogP contribution is -2.69. The summed E-state index contributed by atoms with van der Waals surface area (Å²) in [7, 11) is 0. The largest absolute Gasteiger partial charge is 0.481 e. The molecule has 0 aromatic carbocycles. The molecular formula is C17H16N4O6S2. The van der Waals surface area contributed by atoms with Crippen molar-refractivity contribution in [3.63, 3.8) is 0 Å². The molecule has 1 fully saturated rings. The zero-order chi connectivity index (χ0) is 21.3. The van der Waals surface area contributed by atoms with Crippen LogP contribution in [0.2, 0.25) is 0 Å². The first-order valence-electron chi connectivity index (χ1n) is 8.21. The average molecular weight is 436 g/mol. The molecule has 1 aromatic heterocycles. The van der Waals surface area contributed by atoms with Crippen LogP contribution in [0.1, 0.15) is 12.1 Å². The summed E-state index contributed by atoms with van der Waals surface area (Å²) in [6, 6.07) is -0.957. The number of amides is 2. The van der Waals surface area contributed by atoms with Crippen LogP contribution in [-0.4, -0.2) is 60.5 Å². The number of nitrogens with two attached hydrogens (primary N) is 1. The Bertz CT molecular complexity index is 969. The summed E-state index contributed by atoms with van der Waals surface area (Å²) in [6.07, 6.45) is 3.56. The van der Waals surface area contributed by atoms with Crippen molar-refractivity contribution in [3.8, 4) is 0 Å². The number of carbonyl (C=O) groups is 4. The Balaban J connectivity index is 1.80. The van der Waals surface area contributed by atoms with Crippen LogP contribution in [0.3, 0.4) is 0 Å². The van der Waals surface area contributed by atoms with Crippen molar-refractivity contribution in [1.29, 1.82) is 0 Å². The van der Waals surface area contributed by atoms with E-state index in [1.165, 1.54) is 28.6 Å². The van der Waals surface area contributed by atoms with E-state index in [0.717, 1.165) is 23.1 Å². The number of nitrogens with zero attached hydrogens (tertiary/aromatic N) is 2. The molecule has 3 rings (SSSR count). The molecule has 2 aliphatic heterocycles. The van der Waals surface area contributed by atoms with Crippen molar-refractivity contribution < 1.29 is 29.4 Å². The molecule has 1 saturated heterocycles. The minimum Gasteiger partial charge on any atom is -0.481 e. The molecule has 0 aliphatic carbocycles. The van der Waals surface area contributed by atoms with Crippen LogP contribution in [0.4, 0.5) is 5.13 Å². The molecule has 0 radical (unpaired) electrons. The molecule has 12 heteroatoms. The average Bonchev–Trinajstić information content (AvgIpc) is 3.10. The van der Waals surface area contributed by atoms with Crippen LogP contribution in [-0.2, 0) is 19.2 Å². The number of carboxylic acid groups (broad SMARTS) is 2. The van der Waals surface area contributed by atoms with Crippen LogP contribution >= 0.6 is 23.1 Å². The fourth-order valence-corrected chi connectivity index (χ4v) is 4.75. The molecule has 2 amide bonds. The SMILES string of the molecule is C=CC1=CN2C(=O)[C@@H](NC(=O)/C(=C/CC(=O)O)c3csc(N)n3)[C@H]2SC1C(=O)O. The third-order valence-corrected chi connectivity index (χ3v) is 6.41. The van der Waals surface area contributed by atoms with E-state index in [0.29, 0.717) is 5.57 Å². The fourth-order valence-electron chi connectivity index (χ4n) is 2.84. The Kier molecular flexibility index (Phi) is 5.75. The van der Waals surface area contributed by atoms with Gasteiger partial charge in [-0.05, 0) is 5.57 Å². The van der Waals surface area contributed by atoms with Gasteiger partial charge in [0, 0.05) is 11.6 Å². The van der Waals surface area contributed by atoms with Crippen molar-refractivity contribution >= 4 is 57.6 Å². The Labute approximate surface area is 172 Å². The molecule has 0 spiro atoms. The second kappa shape index (κ2) is 8.09. The van der Waals surface area contributed by atoms with E-state index in [1.54, 1.807) is 0 Å². The number of nitrogens with one attached hydrogen (secondary N) is 1. The van der Waals surface area contributed by atoms with Crippen LogP contribution < -0.4 is 11.1 Å². The maximum atomic E-state index is 12.7. The summed E-state index contributed by atoms with van der Waals surface area (Å²) in [5.74, 6) is -3.32. The highest BCUT2D eigenvalue weighted by Crippen LogP contribution is 2.41. The van der Waals surface area contributed by atoms with Crippen molar-refractivity contribution in [2.45, 2.75) is 23.1 Å². The van der Waals surface area contributed by atoms with E-state index in [1.807, 2.05) is 0 Å². The van der Waals surface area contributed by atoms with Crippen molar-refractivity contribution in [2.75, 3.05) is 5.73 Å². The number of anilines is 1. The number of thioether (sulfide) groups is 1. The first-order chi connectivity index (χ1) is 13.7. The minimum absolute atomic E-state index is 0.0236. The maximum Gasteiger partial charge on any atom is 0.321 e. The Hall–Kier alpha value is -3.12. The molecule has 29 heavy (non-hydrogen) atoms.